The molecule has 1 N–H and O–H groups in total. The summed E-state index contributed by atoms with van der Waals surface area (Å²) >= 11 is 0. The molecule has 0 unspecified atom stereocenters. The Morgan fingerprint density at radius 3 is 2.95 bits per heavy atom. The summed E-state index contributed by atoms with van der Waals surface area (Å²) in [6.07, 6.45) is 7.19. The minimum atomic E-state index is -0.215. The summed E-state index contributed by atoms with van der Waals surface area (Å²) in [5.41, 5.74) is 3.14. The van der Waals surface area contributed by atoms with Gasteiger partial charge >= 0.3 is 0 Å². The van der Waals surface area contributed by atoms with Crippen molar-refractivity contribution < 1.29 is 14.3 Å². The van der Waals surface area contributed by atoms with Gasteiger partial charge in [0.15, 0.2) is 11.5 Å². The zero-order valence-electron chi connectivity index (χ0n) is 11.7. The van der Waals surface area contributed by atoms with Crippen LogP contribution in [0.25, 0.3) is 0 Å². The van der Waals surface area contributed by atoms with Crippen LogP contribution in [0.4, 0.5) is 0 Å². The third kappa shape index (κ3) is 2.37. The van der Waals surface area contributed by atoms with Crippen LogP contribution in [0.1, 0.15) is 36.0 Å². The molecule has 2 bridgehead atoms. The van der Waals surface area contributed by atoms with E-state index in [1.807, 2.05) is 6.21 Å². The van der Waals surface area contributed by atoms with E-state index in [4.69, 9.17) is 9.47 Å². The van der Waals surface area contributed by atoms with Gasteiger partial charge < -0.3 is 9.47 Å². The Bertz CT molecular complexity index is 599. The highest BCUT2D eigenvalue weighted by atomic mass is 16.7. The van der Waals surface area contributed by atoms with Crippen molar-refractivity contribution >= 4 is 12.1 Å². The number of hydrazone groups is 1. The standard InChI is InChI=1S/C16H18N2O3/c19-16(12-3-4-14-15(7-12)21-9-20-14)18-17-8-13-6-10-1-2-11(13)5-10/h3-4,7-8,10-11,13H,1-2,5-6,9H2,(H,18,19)/b17-8-/t10-,11-,13+/m0/s1. The van der Waals surface area contributed by atoms with E-state index in [0.717, 1.165) is 11.8 Å². The van der Waals surface area contributed by atoms with Crippen LogP contribution in [-0.2, 0) is 0 Å². The number of carbonyl (C=O) groups excluding carboxylic acids is 1. The van der Waals surface area contributed by atoms with Crippen molar-refractivity contribution in [3.05, 3.63) is 23.8 Å². The first kappa shape index (κ1) is 12.7. The average Bonchev–Trinajstić information content (AvgIpc) is 3.22. The van der Waals surface area contributed by atoms with Gasteiger partial charge in [-0.2, -0.15) is 5.10 Å². The fraction of sp³-hybridized carbons (Fsp3) is 0.500. The molecule has 110 valence electrons. The second-order valence-corrected chi connectivity index (χ2v) is 6.13. The van der Waals surface area contributed by atoms with Crippen LogP contribution in [0.15, 0.2) is 23.3 Å². The summed E-state index contributed by atoms with van der Waals surface area (Å²) < 4.78 is 10.5. The molecule has 5 heteroatoms. The van der Waals surface area contributed by atoms with Gasteiger partial charge in [0.2, 0.25) is 6.79 Å². The monoisotopic (exact) mass is 286 g/mol. The quantitative estimate of drug-likeness (QED) is 0.686. The lowest BCUT2D eigenvalue weighted by atomic mass is 9.90. The van der Waals surface area contributed by atoms with Gasteiger partial charge in [-0.05, 0) is 55.2 Å². The summed E-state index contributed by atoms with van der Waals surface area (Å²) in [5, 5.41) is 4.15. The summed E-state index contributed by atoms with van der Waals surface area (Å²) in [5.74, 6) is 3.28. The lowest BCUT2D eigenvalue weighted by Gasteiger charge is -2.16. The van der Waals surface area contributed by atoms with Crippen LogP contribution in [-0.4, -0.2) is 18.9 Å². The van der Waals surface area contributed by atoms with E-state index in [2.05, 4.69) is 10.5 Å². The number of benzene rings is 1. The summed E-state index contributed by atoms with van der Waals surface area (Å²) in [6.45, 7) is 0.211. The van der Waals surface area contributed by atoms with Crippen molar-refractivity contribution in [2.24, 2.45) is 22.9 Å². The summed E-state index contributed by atoms with van der Waals surface area (Å²) in [7, 11) is 0. The van der Waals surface area contributed by atoms with Crippen molar-refractivity contribution in [2.45, 2.75) is 25.7 Å². The first-order chi connectivity index (χ1) is 10.3. The smallest absolute Gasteiger partial charge is 0.271 e. The number of ether oxygens (including phenoxy) is 2. The topological polar surface area (TPSA) is 59.9 Å². The number of nitrogens with zero attached hydrogens (tertiary/aromatic N) is 1. The fourth-order valence-corrected chi connectivity index (χ4v) is 3.77. The minimum Gasteiger partial charge on any atom is -0.454 e. The molecular formula is C16H18N2O3. The molecule has 1 amide bonds. The van der Waals surface area contributed by atoms with E-state index in [1.165, 1.54) is 25.7 Å². The van der Waals surface area contributed by atoms with E-state index >= 15 is 0 Å². The van der Waals surface area contributed by atoms with Gasteiger partial charge in [-0.1, -0.05) is 6.42 Å². The number of rotatable bonds is 3. The molecule has 21 heavy (non-hydrogen) atoms. The Morgan fingerprint density at radius 2 is 2.14 bits per heavy atom. The van der Waals surface area contributed by atoms with E-state index in [9.17, 15) is 4.79 Å². The second-order valence-electron chi connectivity index (χ2n) is 6.13. The highest BCUT2D eigenvalue weighted by molar-refractivity contribution is 5.95. The third-order valence-corrected chi connectivity index (χ3v) is 4.86. The normalized spacial score (nSPS) is 29.2. The van der Waals surface area contributed by atoms with E-state index in [-0.39, 0.29) is 12.7 Å². The molecule has 2 fully saturated rings. The van der Waals surface area contributed by atoms with Gasteiger partial charge in [-0.25, -0.2) is 5.43 Å². The number of hydrogen-bond donors (Lipinski definition) is 1. The van der Waals surface area contributed by atoms with Crippen molar-refractivity contribution in [3.8, 4) is 11.5 Å². The Hall–Kier alpha value is -2.04. The number of hydrogen-bond acceptors (Lipinski definition) is 4. The molecule has 0 aromatic heterocycles. The van der Waals surface area contributed by atoms with Gasteiger partial charge in [0.1, 0.15) is 0 Å². The highest BCUT2D eigenvalue weighted by Gasteiger charge is 2.38. The second kappa shape index (κ2) is 5.06. The van der Waals surface area contributed by atoms with Crippen LogP contribution in [0.2, 0.25) is 0 Å². The van der Waals surface area contributed by atoms with Gasteiger partial charge in [-0.15, -0.1) is 0 Å². The van der Waals surface area contributed by atoms with Crippen molar-refractivity contribution in [2.75, 3.05) is 6.79 Å². The van der Waals surface area contributed by atoms with E-state index in [0.29, 0.717) is 23.0 Å². The van der Waals surface area contributed by atoms with E-state index < -0.39 is 0 Å². The SMILES string of the molecule is O=C(N/N=C\[C@H]1C[C@H]2CC[C@H]1C2)c1ccc2c(c1)OCO2. The average molecular weight is 286 g/mol. The summed E-state index contributed by atoms with van der Waals surface area (Å²) in [4.78, 5) is 12.1. The first-order valence-corrected chi connectivity index (χ1v) is 7.53. The minimum absolute atomic E-state index is 0.211. The molecule has 1 aromatic rings. The number of nitrogens with one attached hydrogen (secondary N) is 1. The molecule has 2 aliphatic carbocycles. The van der Waals surface area contributed by atoms with Gasteiger partial charge in [0, 0.05) is 11.8 Å². The van der Waals surface area contributed by atoms with Gasteiger partial charge in [-0.3, -0.25) is 4.79 Å². The Balaban J connectivity index is 1.37. The predicted molar refractivity (Wildman–Crippen MR) is 77.5 cm³/mol. The number of amides is 1. The lowest BCUT2D eigenvalue weighted by molar-refractivity contribution is 0.0954. The first-order valence-electron chi connectivity index (χ1n) is 7.53. The van der Waals surface area contributed by atoms with E-state index in [1.54, 1.807) is 18.2 Å². The van der Waals surface area contributed by atoms with Crippen LogP contribution in [0.5, 0.6) is 11.5 Å². The van der Waals surface area contributed by atoms with Crippen LogP contribution in [0.3, 0.4) is 0 Å². The third-order valence-electron chi connectivity index (χ3n) is 4.86. The molecule has 3 atom stereocenters. The molecule has 4 rings (SSSR count). The number of fused-ring (bicyclic) bond motifs is 3. The predicted octanol–water partition coefficient (Wildman–Crippen LogP) is 2.57. The Kier molecular flexibility index (Phi) is 3.05. The molecule has 3 aliphatic rings. The van der Waals surface area contributed by atoms with Crippen LogP contribution < -0.4 is 14.9 Å². The number of carbonyl (C=O) groups is 1. The molecule has 0 saturated heterocycles. The maximum Gasteiger partial charge on any atom is 0.271 e. The Morgan fingerprint density at radius 1 is 1.24 bits per heavy atom. The maximum atomic E-state index is 12.1. The lowest BCUT2D eigenvalue weighted by Crippen LogP contribution is -2.20. The molecule has 1 aromatic carbocycles. The maximum absolute atomic E-state index is 12.1. The molecule has 2 saturated carbocycles. The highest BCUT2D eigenvalue weighted by Crippen LogP contribution is 2.47. The zero-order valence-corrected chi connectivity index (χ0v) is 11.7. The zero-order chi connectivity index (χ0) is 14.2. The van der Waals surface area contributed by atoms with Crippen molar-refractivity contribution in [1.82, 2.24) is 5.43 Å². The molecule has 5 nitrogen and oxygen atoms in total. The molecule has 1 heterocycles. The van der Waals surface area contributed by atoms with Crippen LogP contribution >= 0.6 is 0 Å². The molecular weight excluding hydrogens is 268 g/mol. The van der Waals surface area contributed by atoms with Crippen molar-refractivity contribution in [1.29, 1.82) is 0 Å². The molecule has 0 spiro atoms. The Labute approximate surface area is 123 Å². The van der Waals surface area contributed by atoms with Crippen molar-refractivity contribution in [3.63, 3.8) is 0 Å². The van der Waals surface area contributed by atoms with Gasteiger partial charge in [0.25, 0.3) is 5.91 Å². The largest absolute Gasteiger partial charge is 0.454 e. The fourth-order valence-electron chi connectivity index (χ4n) is 3.77. The van der Waals surface area contributed by atoms with Gasteiger partial charge in [0.05, 0.1) is 0 Å². The molecule has 1 aliphatic heterocycles. The van der Waals surface area contributed by atoms with Crippen LogP contribution in [0, 0.1) is 17.8 Å². The summed E-state index contributed by atoms with van der Waals surface area (Å²) in [6, 6.07) is 5.15. The molecule has 0 radical (unpaired) electrons.